The fourth-order valence-electron chi connectivity index (χ4n) is 2.35. The van der Waals surface area contributed by atoms with Gasteiger partial charge in [0.1, 0.15) is 0 Å². The SMILES string of the molecule is CN1CCN(n2c(N)nc3cc(Br)ccc32)CC1. The van der Waals surface area contributed by atoms with Gasteiger partial charge in [-0.3, -0.25) is 0 Å². The lowest BCUT2D eigenvalue weighted by Crippen LogP contribution is -2.50. The second-order valence-electron chi connectivity index (χ2n) is 4.67. The van der Waals surface area contributed by atoms with Crippen LogP contribution in [-0.4, -0.2) is 47.8 Å². The monoisotopic (exact) mass is 309 g/mol. The minimum absolute atomic E-state index is 0.563. The van der Waals surface area contributed by atoms with Crippen LogP contribution in [0.5, 0.6) is 0 Å². The van der Waals surface area contributed by atoms with E-state index in [4.69, 9.17) is 5.73 Å². The molecule has 0 radical (unpaired) electrons. The number of fused-ring (bicyclic) bond motifs is 1. The Hall–Kier alpha value is -1.27. The normalized spacial score (nSPS) is 17.6. The highest BCUT2D eigenvalue weighted by atomic mass is 79.9. The molecule has 0 amide bonds. The molecular formula is C12H16BrN5. The fraction of sp³-hybridized carbons (Fsp3) is 0.417. The molecule has 0 saturated carbocycles. The van der Waals surface area contributed by atoms with Crippen molar-refractivity contribution in [2.24, 2.45) is 0 Å². The third-order valence-electron chi connectivity index (χ3n) is 3.38. The zero-order valence-corrected chi connectivity index (χ0v) is 11.9. The van der Waals surface area contributed by atoms with E-state index in [9.17, 15) is 0 Å². The molecule has 2 heterocycles. The summed E-state index contributed by atoms with van der Waals surface area (Å²) in [7, 11) is 2.14. The number of benzene rings is 1. The predicted molar refractivity (Wildman–Crippen MR) is 77.3 cm³/mol. The molecule has 1 aliphatic heterocycles. The fourth-order valence-corrected chi connectivity index (χ4v) is 2.70. The van der Waals surface area contributed by atoms with Crippen LogP contribution in [0.3, 0.4) is 0 Å². The van der Waals surface area contributed by atoms with Gasteiger partial charge in [-0.2, -0.15) is 0 Å². The quantitative estimate of drug-likeness (QED) is 0.862. The molecule has 6 heteroatoms. The predicted octanol–water partition coefficient (Wildman–Crippen LogP) is 1.26. The highest BCUT2D eigenvalue weighted by molar-refractivity contribution is 9.10. The molecule has 0 bridgehead atoms. The third-order valence-corrected chi connectivity index (χ3v) is 3.87. The van der Waals surface area contributed by atoms with Crippen molar-refractivity contribution in [1.82, 2.24) is 14.6 Å². The Labute approximate surface area is 114 Å². The first kappa shape index (κ1) is 11.8. The van der Waals surface area contributed by atoms with E-state index in [1.54, 1.807) is 0 Å². The minimum Gasteiger partial charge on any atom is -0.368 e. The molecule has 2 aromatic rings. The van der Waals surface area contributed by atoms with Crippen LogP contribution in [-0.2, 0) is 0 Å². The van der Waals surface area contributed by atoms with Gasteiger partial charge in [0.2, 0.25) is 5.95 Å². The van der Waals surface area contributed by atoms with Crippen LogP contribution in [0.4, 0.5) is 5.95 Å². The average Bonchev–Trinajstić information content (AvgIpc) is 2.65. The molecule has 0 unspecified atom stereocenters. The molecule has 1 saturated heterocycles. The highest BCUT2D eigenvalue weighted by Gasteiger charge is 2.18. The van der Waals surface area contributed by atoms with Crippen molar-refractivity contribution in [3.05, 3.63) is 22.7 Å². The molecule has 0 aliphatic carbocycles. The summed E-state index contributed by atoms with van der Waals surface area (Å²) in [6.07, 6.45) is 0. The summed E-state index contributed by atoms with van der Waals surface area (Å²) in [6.45, 7) is 4.05. The lowest BCUT2D eigenvalue weighted by Gasteiger charge is -2.35. The Balaban J connectivity index is 2.03. The number of nitrogen functional groups attached to an aromatic ring is 1. The first-order valence-electron chi connectivity index (χ1n) is 6.02. The van der Waals surface area contributed by atoms with E-state index >= 15 is 0 Å². The summed E-state index contributed by atoms with van der Waals surface area (Å²) >= 11 is 3.46. The van der Waals surface area contributed by atoms with E-state index in [0.717, 1.165) is 41.7 Å². The van der Waals surface area contributed by atoms with Crippen molar-refractivity contribution in [1.29, 1.82) is 0 Å². The van der Waals surface area contributed by atoms with Crippen LogP contribution >= 0.6 is 15.9 Å². The van der Waals surface area contributed by atoms with Gasteiger partial charge in [-0.25, -0.2) is 9.66 Å². The van der Waals surface area contributed by atoms with Gasteiger partial charge in [0.25, 0.3) is 0 Å². The summed E-state index contributed by atoms with van der Waals surface area (Å²) in [5.74, 6) is 0.563. The molecule has 0 atom stereocenters. The molecule has 5 nitrogen and oxygen atoms in total. The van der Waals surface area contributed by atoms with Gasteiger partial charge in [-0.05, 0) is 25.2 Å². The van der Waals surface area contributed by atoms with Crippen LogP contribution in [0.15, 0.2) is 22.7 Å². The van der Waals surface area contributed by atoms with Gasteiger partial charge in [-0.1, -0.05) is 15.9 Å². The van der Waals surface area contributed by atoms with E-state index in [2.05, 4.69) is 43.9 Å². The first-order valence-corrected chi connectivity index (χ1v) is 6.82. The van der Waals surface area contributed by atoms with Crippen LogP contribution in [0.1, 0.15) is 0 Å². The van der Waals surface area contributed by atoms with E-state index in [1.165, 1.54) is 0 Å². The Morgan fingerprint density at radius 1 is 1.22 bits per heavy atom. The van der Waals surface area contributed by atoms with E-state index < -0.39 is 0 Å². The summed E-state index contributed by atoms with van der Waals surface area (Å²) in [4.78, 5) is 6.75. The van der Waals surface area contributed by atoms with Crippen molar-refractivity contribution in [2.75, 3.05) is 44.0 Å². The van der Waals surface area contributed by atoms with E-state index in [1.807, 2.05) is 16.8 Å². The Kier molecular flexibility index (Phi) is 2.91. The maximum atomic E-state index is 6.05. The van der Waals surface area contributed by atoms with Gasteiger partial charge < -0.3 is 15.6 Å². The van der Waals surface area contributed by atoms with Crippen molar-refractivity contribution in [3.63, 3.8) is 0 Å². The second kappa shape index (κ2) is 4.44. The molecule has 1 aromatic heterocycles. The standard InChI is InChI=1S/C12H16BrN5/c1-16-4-6-17(7-5-16)18-11-3-2-9(13)8-10(11)15-12(18)14/h2-3,8H,4-7H2,1H3,(H2,14,15). The molecule has 18 heavy (non-hydrogen) atoms. The third kappa shape index (κ3) is 1.95. The van der Waals surface area contributed by atoms with E-state index in [0.29, 0.717) is 5.95 Å². The van der Waals surface area contributed by atoms with Crippen LogP contribution in [0.2, 0.25) is 0 Å². The van der Waals surface area contributed by atoms with Crippen LogP contribution in [0.25, 0.3) is 11.0 Å². The zero-order valence-electron chi connectivity index (χ0n) is 10.3. The number of nitrogens with zero attached hydrogens (tertiary/aromatic N) is 4. The van der Waals surface area contributed by atoms with E-state index in [-0.39, 0.29) is 0 Å². The number of hydrogen-bond acceptors (Lipinski definition) is 4. The smallest absolute Gasteiger partial charge is 0.220 e. The number of halogens is 1. The molecule has 1 aromatic carbocycles. The lowest BCUT2D eigenvalue weighted by molar-refractivity contribution is 0.290. The number of nitrogens with two attached hydrogens (primary N) is 1. The van der Waals surface area contributed by atoms with Gasteiger partial charge in [0.15, 0.2) is 0 Å². The van der Waals surface area contributed by atoms with Gasteiger partial charge in [0, 0.05) is 30.7 Å². The topological polar surface area (TPSA) is 50.3 Å². The maximum absolute atomic E-state index is 6.05. The average molecular weight is 310 g/mol. The zero-order chi connectivity index (χ0) is 12.7. The second-order valence-corrected chi connectivity index (χ2v) is 5.59. The number of hydrogen-bond donors (Lipinski definition) is 1. The number of piperazine rings is 1. The van der Waals surface area contributed by atoms with Crippen molar-refractivity contribution < 1.29 is 0 Å². The molecule has 1 fully saturated rings. The number of rotatable bonds is 1. The first-order chi connectivity index (χ1) is 8.65. The van der Waals surface area contributed by atoms with Crippen LogP contribution < -0.4 is 10.7 Å². The van der Waals surface area contributed by atoms with Crippen molar-refractivity contribution in [3.8, 4) is 0 Å². The molecule has 0 spiro atoms. The number of aromatic nitrogens is 2. The molecule has 96 valence electrons. The van der Waals surface area contributed by atoms with Crippen molar-refractivity contribution >= 4 is 32.9 Å². The Morgan fingerprint density at radius 2 is 1.94 bits per heavy atom. The minimum atomic E-state index is 0.563. The number of imidazole rings is 1. The summed E-state index contributed by atoms with van der Waals surface area (Å²) in [6, 6.07) is 6.08. The number of likely N-dealkylation sites (N-methyl/N-ethyl adjacent to an activating group) is 1. The lowest BCUT2D eigenvalue weighted by atomic mass is 10.3. The molecule has 1 aliphatic rings. The van der Waals surface area contributed by atoms with Crippen molar-refractivity contribution in [2.45, 2.75) is 0 Å². The summed E-state index contributed by atoms with van der Waals surface area (Å²) in [5, 5.41) is 2.26. The van der Waals surface area contributed by atoms with Gasteiger partial charge in [0.05, 0.1) is 11.0 Å². The molecular weight excluding hydrogens is 294 g/mol. The maximum Gasteiger partial charge on any atom is 0.220 e. The Morgan fingerprint density at radius 3 is 2.67 bits per heavy atom. The summed E-state index contributed by atoms with van der Waals surface area (Å²) < 4.78 is 3.06. The molecule has 2 N–H and O–H groups in total. The summed E-state index contributed by atoms with van der Waals surface area (Å²) in [5.41, 5.74) is 8.05. The van der Waals surface area contributed by atoms with Gasteiger partial charge >= 0.3 is 0 Å². The molecule has 3 rings (SSSR count). The van der Waals surface area contributed by atoms with Crippen LogP contribution in [0, 0.1) is 0 Å². The number of anilines is 1. The largest absolute Gasteiger partial charge is 0.368 e. The Bertz CT molecular complexity index is 571. The van der Waals surface area contributed by atoms with Gasteiger partial charge in [-0.15, -0.1) is 0 Å². The highest BCUT2D eigenvalue weighted by Crippen LogP contribution is 2.22.